The monoisotopic (exact) mass is 343 g/mol. The molecule has 3 nitrogen and oxygen atoms in total. The van der Waals surface area contributed by atoms with E-state index in [-0.39, 0.29) is 5.25 Å². The van der Waals surface area contributed by atoms with E-state index in [4.69, 9.17) is 11.6 Å². The molecule has 5 heteroatoms. The van der Waals surface area contributed by atoms with Crippen molar-refractivity contribution in [2.45, 2.75) is 31.2 Å². The molecule has 0 aliphatic carbocycles. The Labute approximate surface area is 145 Å². The fourth-order valence-corrected chi connectivity index (χ4v) is 3.95. The van der Waals surface area contributed by atoms with Gasteiger partial charge in [0.15, 0.2) is 5.16 Å². The van der Waals surface area contributed by atoms with Gasteiger partial charge < -0.3 is 0 Å². The summed E-state index contributed by atoms with van der Waals surface area (Å²) in [4.78, 5) is 0. The topological polar surface area (TPSA) is 30.7 Å². The van der Waals surface area contributed by atoms with E-state index in [1.54, 1.807) is 11.8 Å². The molecule has 2 aromatic carbocycles. The Morgan fingerprint density at radius 3 is 2.57 bits per heavy atom. The second-order valence-electron chi connectivity index (χ2n) is 5.49. The quantitative estimate of drug-likeness (QED) is 0.595. The number of hydrogen-bond donors (Lipinski definition) is 0. The van der Waals surface area contributed by atoms with E-state index in [0.717, 1.165) is 27.3 Å². The van der Waals surface area contributed by atoms with Crippen LogP contribution in [0, 0.1) is 13.8 Å². The van der Waals surface area contributed by atoms with Gasteiger partial charge in [0.05, 0.1) is 0 Å². The zero-order valence-electron chi connectivity index (χ0n) is 13.3. The Hall–Kier alpha value is -1.78. The second-order valence-corrected chi connectivity index (χ2v) is 7.20. The maximum absolute atomic E-state index is 6.31. The van der Waals surface area contributed by atoms with Crippen LogP contribution in [-0.4, -0.2) is 14.8 Å². The summed E-state index contributed by atoms with van der Waals surface area (Å²) in [7, 11) is 0. The molecule has 118 valence electrons. The Morgan fingerprint density at radius 1 is 1.04 bits per heavy atom. The first-order chi connectivity index (χ1) is 11.1. The highest BCUT2D eigenvalue weighted by Crippen LogP contribution is 2.38. The van der Waals surface area contributed by atoms with Gasteiger partial charge in [0, 0.05) is 16.0 Å². The molecule has 0 aliphatic heterocycles. The van der Waals surface area contributed by atoms with E-state index in [1.807, 2.05) is 25.1 Å². The van der Waals surface area contributed by atoms with Crippen LogP contribution in [0.25, 0.3) is 5.69 Å². The average Bonchev–Trinajstić information content (AvgIpc) is 2.88. The van der Waals surface area contributed by atoms with Gasteiger partial charge >= 0.3 is 0 Å². The van der Waals surface area contributed by atoms with E-state index in [1.165, 1.54) is 5.56 Å². The molecular formula is C18H18ClN3S. The fourth-order valence-electron chi connectivity index (χ4n) is 2.51. The first-order valence-electron chi connectivity index (χ1n) is 7.46. The minimum Gasteiger partial charge on any atom is -0.274 e. The summed E-state index contributed by atoms with van der Waals surface area (Å²) in [6.07, 6.45) is 0. The minimum absolute atomic E-state index is 0.191. The van der Waals surface area contributed by atoms with Crippen molar-refractivity contribution in [3.8, 4) is 5.69 Å². The molecule has 0 saturated carbocycles. The molecule has 1 unspecified atom stereocenters. The van der Waals surface area contributed by atoms with Gasteiger partial charge in [-0.05, 0) is 50.1 Å². The molecule has 0 saturated heterocycles. The number of benzene rings is 2. The van der Waals surface area contributed by atoms with Crippen molar-refractivity contribution in [3.63, 3.8) is 0 Å². The predicted molar refractivity (Wildman–Crippen MR) is 96.6 cm³/mol. The van der Waals surface area contributed by atoms with Crippen LogP contribution in [0.2, 0.25) is 5.02 Å². The van der Waals surface area contributed by atoms with Crippen LogP contribution in [-0.2, 0) is 0 Å². The van der Waals surface area contributed by atoms with Crippen molar-refractivity contribution in [3.05, 3.63) is 70.5 Å². The fraction of sp³-hybridized carbons (Fsp3) is 0.222. The van der Waals surface area contributed by atoms with E-state index >= 15 is 0 Å². The van der Waals surface area contributed by atoms with Crippen LogP contribution < -0.4 is 0 Å². The van der Waals surface area contributed by atoms with Crippen molar-refractivity contribution >= 4 is 23.4 Å². The van der Waals surface area contributed by atoms with Crippen LogP contribution >= 0.6 is 23.4 Å². The first kappa shape index (κ1) is 16.1. The third kappa shape index (κ3) is 3.43. The van der Waals surface area contributed by atoms with Crippen LogP contribution in [0.4, 0.5) is 0 Å². The smallest absolute Gasteiger partial charge is 0.196 e. The third-order valence-corrected chi connectivity index (χ3v) is 5.11. The molecule has 0 N–H and O–H groups in total. The minimum atomic E-state index is 0.191. The number of halogens is 1. The molecule has 3 rings (SSSR count). The molecule has 0 aliphatic rings. The summed E-state index contributed by atoms with van der Waals surface area (Å²) in [5.74, 6) is 0.879. The summed E-state index contributed by atoms with van der Waals surface area (Å²) in [6.45, 7) is 6.19. The maximum atomic E-state index is 6.31. The van der Waals surface area contributed by atoms with E-state index in [2.05, 4.69) is 58.9 Å². The zero-order valence-corrected chi connectivity index (χ0v) is 14.9. The van der Waals surface area contributed by atoms with Crippen molar-refractivity contribution in [2.24, 2.45) is 0 Å². The molecule has 1 atom stereocenters. The van der Waals surface area contributed by atoms with Crippen molar-refractivity contribution in [1.82, 2.24) is 14.8 Å². The summed E-state index contributed by atoms with van der Waals surface area (Å²) in [5.41, 5.74) is 3.41. The van der Waals surface area contributed by atoms with Gasteiger partial charge in [-0.15, -0.1) is 10.2 Å². The van der Waals surface area contributed by atoms with Gasteiger partial charge in [-0.3, -0.25) is 4.57 Å². The molecule has 3 aromatic rings. The van der Waals surface area contributed by atoms with Crippen LogP contribution in [0.5, 0.6) is 0 Å². The van der Waals surface area contributed by atoms with E-state index < -0.39 is 0 Å². The van der Waals surface area contributed by atoms with Gasteiger partial charge in [0.2, 0.25) is 0 Å². The van der Waals surface area contributed by atoms with Crippen LogP contribution in [0.1, 0.15) is 29.1 Å². The molecular weight excluding hydrogens is 326 g/mol. The number of rotatable bonds is 4. The van der Waals surface area contributed by atoms with Gasteiger partial charge in [-0.1, -0.05) is 53.7 Å². The summed E-state index contributed by atoms with van der Waals surface area (Å²) >= 11 is 7.98. The number of nitrogens with zero attached hydrogens (tertiary/aromatic N) is 3. The number of aryl methyl sites for hydroxylation is 2. The Morgan fingerprint density at radius 2 is 1.83 bits per heavy atom. The summed E-state index contributed by atoms with van der Waals surface area (Å²) in [6, 6.07) is 16.3. The molecule has 0 fully saturated rings. The lowest BCUT2D eigenvalue weighted by atomic mass is 10.2. The molecule has 1 aromatic heterocycles. The maximum Gasteiger partial charge on any atom is 0.196 e. The Bertz CT molecular complexity index is 829. The van der Waals surface area contributed by atoms with Gasteiger partial charge in [0.25, 0.3) is 0 Å². The van der Waals surface area contributed by atoms with Crippen molar-refractivity contribution in [2.75, 3.05) is 0 Å². The third-order valence-electron chi connectivity index (χ3n) is 3.68. The lowest BCUT2D eigenvalue weighted by molar-refractivity contribution is 0.861. The highest BCUT2D eigenvalue weighted by Gasteiger charge is 2.17. The number of hydrogen-bond acceptors (Lipinski definition) is 3. The second kappa shape index (κ2) is 6.77. The number of thioether (sulfide) groups is 1. The standard InChI is InChI=1S/C18H18ClN3S/c1-12-7-6-8-15(11-12)22-14(3)20-21-18(22)23-13(2)16-9-4-5-10-17(16)19/h4-11,13H,1-3H3. The molecule has 0 bridgehead atoms. The molecule has 23 heavy (non-hydrogen) atoms. The van der Waals surface area contributed by atoms with E-state index in [0.29, 0.717) is 0 Å². The normalized spacial score (nSPS) is 12.3. The first-order valence-corrected chi connectivity index (χ1v) is 8.72. The van der Waals surface area contributed by atoms with E-state index in [9.17, 15) is 0 Å². The molecule has 1 heterocycles. The average molecular weight is 344 g/mol. The molecule has 0 amide bonds. The highest BCUT2D eigenvalue weighted by molar-refractivity contribution is 7.99. The predicted octanol–water partition coefficient (Wildman–Crippen LogP) is 5.39. The molecule has 0 spiro atoms. The summed E-state index contributed by atoms with van der Waals surface area (Å²) < 4.78 is 2.09. The SMILES string of the molecule is Cc1cccc(-n2c(C)nnc2SC(C)c2ccccc2Cl)c1. The summed E-state index contributed by atoms with van der Waals surface area (Å²) in [5, 5.41) is 10.4. The Kier molecular flexibility index (Phi) is 4.74. The number of aromatic nitrogens is 3. The van der Waals surface area contributed by atoms with Crippen molar-refractivity contribution in [1.29, 1.82) is 0 Å². The van der Waals surface area contributed by atoms with Crippen LogP contribution in [0.3, 0.4) is 0 Å². The van der Waals surface area contributed by atoms with Gasteiger partial charge in [0.1, 0.15) is 5.82 Å². The van der Waals surface area contributed by atoms with Gasteiger partial charge in [-0.25, -0.2) is 0 Å². The van der Waals surface area contributed by atoms with Gasteiger partial charge in [-0.2, -0.15) is 0 Å². The lowest BCUT2D eigenvalue weighted by Gasteiger charge is -2.14. The highest BCUT2D eigenvalue weighted by atomic mass is 35.5. The zero-order chi connectivity index (χ0) is 16.4. The molecule has 0 radical (unpaired) electrons. The largest absolute Gasteiger partial charge is 0.274 e. The Balaban J connectivity index is 1.94. The van der Waals surface area contributed by atoms with Crippen LogP contribution in [0.15, 0.2) is 53.7 Å². The van der Waals surface area contributed by atoms with Crippen molar-refractivity contribution < 1.29 is 0 Å². The lowest BCUT2D eigenvalue weighted by Crippen LogP contribution is -2.01.